The van der Waals surface area contributed by atoms with Crippen LogP contribution in [0.15, 0.2) is 0 Å². The van der Waals surface area contributed by atoms with Gasteiger partial charge in [-0.2, -0.15) is 13.2 Å². The number of fused-ring (bicyclic) bond motifs is 2. The first kappa shape index (κ1) is 21.2. The fourth-order valence-corrected chi connectivity index (χ4v) is 5.28. The SMILES string of the molecule is CC(C)(C)OC(=O)NCC1C[C@@H]2CC3C[C@H]1[C@H](O)C2N(C(=O)CC(F)(F)F)C3. The highest BCUT2D eigenvalue weighted by Gasteiger charge is 2.55. The first-order valence-corrected chi connectivity index (χ1v) is 9.85. The van der Waals surface area contributed by atoms with Gasteiger partial charge in [-0.1, -0.05) is 0 Å². The number of carbonyl (C=O) groups is 2. The summed E-state index contributed by atoms with van der Waals surface area (Å²) in [6.07, 6.45) is -5.28. The van der Waals surface area contributed by atoms with E-state index in [9.17, 15) is 27.9 Å². The Bertz CT molecular complexity index is 617. The highest BCUT2D eigenvalue weighted by Crippen LogP contribution is 2.50. The highest BCUT2D eigenvalue weighted by molar-refractivity contribution is 5.77. The summed E-state index contributed by atoms with van der Waals surface area (Å²) < 4.78 is 43.3. The topological polar surface area (TPSA) is 78.9 Å². The van der Waals surface area contributed by atoms with Crippen molar-refractivity contribution < 1.29 is 32.6 Å². The second kappa shape index (κ2) is 7.39. The molecule has 5 aliphatic rings. The van der Waals surface area contributed by atoms with E-state index >= 15 is 0 Å². The van der Waals surface area contributed by atoms with E-state index in [2.05, 4.69) is 5.32 Å². The normalized spacial score (nSPS) is 34.9. The molecule has 5 rings (SSSR count). The molecule has 0 aromatic rings. The zero-order valence-corrected chi connectivity index (χ0v) is 16.5. The van der Waals surface area contributed by atoms with Gasteiger partial charge in [-0.25, -0.2) is 4.79 Å². The van der Waals surface area contributed by atoms with Crippen molar-refractivity contribution in [3.63, 3.8) is 0 Å². The zero-order valence-electron chi connectivity index (χ0n) is 16.5. The van der Waals surface area contributed by atoms with Gasteiger partial charge in [0.1, 0.15) is 12.0 Å². The number of alkyl halides is 3. The summed E-state index contributed by atoms with van der Waals surface area (Å²) in [5, 5.41) is 13.6. The third-order valence-corrected chi connectivity index (χ3v) is 6.12. The third-order valence-electron chi connectivity index (χ3n) is 6.12. The van der Waals surface area contributed by atoms with Gasteiger partial charge in [-0.3, -0.25) is 4.79 Å². The minimum Gasteiger partial charge on any atom is -0.444 e. The van der Waals surface area contributed by atoms with E-state index in [0.29, 0.717) is 19.4 Å². The summed E-state index contributed by atoms with van der Waals surface area (Å²) in [6.45, 7) is 5.94. The van der Waals surface area contributed by atoms with Crippen LogP contribution in [0.4, 0.5) is 18.0 Å². The third kappa shape index (κ3) is 4.72. The van der Waals surface area contributed by atoms with Crippen molar-refractivity contribution in [1.82, 2.24) is 10.2 Å². The summed E-state index contributed by atoms with van der Waals surface area (Å²) in [5.74, 6) is -1.03. The van der Waals surface area contributed by atoms with Crippen molar-refractivity contribution in [3.05, 3.63) is 0 Å². The average molecular weight is 406 g/mol. The minimum atomic E-state index is -4.55. The zero-order chi connectivity index (χ0) is 20.9. The number of hydrogen-bond donors (Lipinski definition) is 2. The first-order valence-electron chi connectivity index (χ1n) is 9.85. The van der Waals surface area contributed by atoms with Crippen molar-refractivity contribution in [3.8, 4) is 0 Å². The molecule has 2 saturated heterocycles. The van der Waals surface area contributed by atoms with Crippen LogP contribution in [0.2, 0.25) is 0 Å². The van der Waals surface area contributed by atoms with E-state index < -0.39 is 42.3 Å². The number of alkyl carbamates (subject to hydrolysis) is 1. The molecule has 3 aliphatic carbocycles. The Morgan fingerprint density at radius 3 is 2.46 bits per heavy atom. The molecule has 9 heteroatoms. The minimum absolute atomic E-state index is 0.0198. The number of carbonyl (C=O) groups excluding carboxylic acids is 2. The quantitative estimate of drug-likeness (QED) is 0.755. The maximum Gasteiger partial charge on any atom is 0.407 e. The van der Waals surface area contributed by atoms with Crippen LogP contribution in [-0.4, -0.2) is 59.0 Å². The molecule has 6 atom stereocenters. The van der Waals surface area contributed by atoms with Crippen molar-refractivity contribution in [2.24, 2.45) is 23.7 Å². The lowest BCUT2D eigenvalue weighted by Crippen LogP contribution is -2.59. The lowest BCUT2D eigenvalue weighted by atomic mass is 9.70. The molecule has 160 valence electrons. The number of hydrogen-bond acceptors (Lipinski definition) is 4. The van der Waals surface area contributed by atoms with Crippen molar-refractivity contribution in [1.29, 1.82) is 0 Å². The maximum absolute atomic E-state index is 12.7. The lowest BCUT2D eigenvalue weighted by Gasteiger charge is -2.48. The van der Waals surface area contributed by atoms with Crippen LogP contribution in [0.25, 0.3) is 0 Å². The summed E-state index contributed by atoms with van der Waals surface area (Å²) in [7, 11) is 0. The molecule has 3 saturated carbocycles. The van der Waals surface area contributed by atoms with Gasteiger partial charge in [0.05, 0.1) is 12.1 Å². The van der Waals surface area contributed by atoms with Gasteiger partial charge in [-0.15, -0.1) is 0 Å². The molecule has 2 heterocycles. The standard InChI is InChI=1S/C19H29F3N2O4/c1-18(2,3)28-17(27)23-8-12-6-11-4-10-5-13(12)16(26)15(11)24(9-10)14(25)7-19(20,21)22/h10-13,15-16,26H,4-9H2,1-3H3,(H,23,27)/t10?,11-,12?,13+,15?,16-/m0/s1. The van der Waals surface area contributed by atoms with Crippen LogP contribution in [0.3, 0.4) is 0 Å². The number of aliphatic hydroxyl groups excluding tert-OH is 1. The van der Waals surface area contributed by atoms with Gasteiger partial charge in [0.25, 0.3) is 0 Å². The second-order valence-electron chi connectivity index (χ2n) is 9.46. The Morgan fingerprint density at radius 2 is 1.86 bits per heavy atom. The molecule has 28 heavy (non-hydrogen) atoms. The lowest BCUT2D eigenvalue weighted by molar-refractivity contribution is -0.170. The van der Waals surface area contributed by atoms with E-state index in [1.54, 1.807) is 20.8 Å². The highest BCUT2D eigenvalue weighted by atomic mass is 19.4. The predicted molar refractivity (Wildman–Crippen MR) is 94.2 cm³/mol. The van der Waals surface area contributed by atoms with Crippen LogP contribution in [-0.2, 0) is 9.53 Å². The average Bonchev–Trinajstić information content (AvgIpc) is 2.80. The van der Waals surface area contributed by atoms with E-state index in [1.165, 1.54) is 4.90 Å². The number of ether oxygens (including phenoxy) is 1. The number of amides is 2. The molecule has 0 radical (unpaired) electrons. The van der Waals surface area contributed by atoms with Crippen LogP contribution in [0.1, 0.15) is 46.5 Å². The fraction of sp³-hybridized carbons (Fsp3) is 0.895. The second-order valence-corrected chi connectivity index (χ2v) is 9.46. The van der Waals surface area contributed by atoms with E-state index in [4.69, 9.17) is 4.74 Å². The summed E-state index contributed by atoms with van der Waals surface area (Å²) in [4.78, 5) is 25.4. The summed E-state index contributed by atoms with van der Waals surface area (Å²) in [5.41, 5.74) is -0.607. The van der Waals surface area contributed by atoms with Crippen molar-refractivity contribution >= 4 is 12.0 Å². The molecule has 2 amide bonds. The Hall–Kier alpha value is -1.51. The Balaban J connectivity index is 1.66. The monoisotopic (exact) mass is 406 g/mol. The number of nitrogens with zero attached hydrogens (tertiary/aromatic N) is 1. The van der Waals surface area contributed by atoms with Gasteiger partial charge in [0, 0.05) is 13.1 Å². The largest absolute Gasteiger partial charge is 0.444 e. The number of aliphatic hydroxyl groups is 1. The maximum atomic E-state index is 12.7. The van der Waals surface area contributed by atoms with Crippen molar-refractivity contribution in [2.75, 3.05) is 13.1 Å². The molecule has 0 aromatic heterocycles. The Kier molecular flexibility index (Phi) is 5.59. The first-order chi connectivity index (χ1) is 12.8. The molecule has 0 aromatic carbocycles. The Labute approximate surface area is 162 Å². The molecule has 0 spiro atoms. The Morgan fingerprint density at radius 1 is 1.18 bits per heavy atom. The van der Waals surface area contributed by atoms with Crippen molar-refractivity contribution in [2.45, 2.75) is 70.4 Å². The molecular weight excluding hydrogens is 377 g/mol. The molecule has 6 nitrogen and oxygen atoms in total. The number of piperidine rings is 1. The molecule has 2 aliphatic heterocycles. The summed E-state index contributed by atoms with van der Waals surface area (Å²) >= 11 is 0. The van der Waals surface area contributed by atoms with Gasteiger partial charge < -0.3 is 20.1 Å². The molecular formula is C19H29F3N2O4. The molecule has 4 bridgehead atoms. The van der Waals surface area contributed by atoms with E-state index in [-0.39, 0.29) is 30.2 Å². The van der Waals surface area contributed by atoms with Gasteiger partial charge in [0.2, 0.25) is 5.91 Å². The fourth-order valence-electron chi connectivity index (χ4n) is 5.28. The van der Waals surface area contributed by atoms with Crippen LogP contribution in [0, 0.1) is 23.7 Å². The number of halogens is 3. The van der Waals surface area contributed by atoms with E-state index in [0.717, 1.165) is 6.42 Å². The van der Waals surface area contributed by atoms with E-state index in [1.807, 2.05) is 0 Å². The predicted octanol–water partition coefficient (Wildman–Crippen LogP) is 2.70. The van der Waals surface area contributed by atoms with Gasteiger partial charge in [0.15, 0.2) is 0 Å². The molecule has 2 N–H and O–H groups in total. The van der Waals surface area contributed by atoms with Crippen LogP contribution < -0.4 is 5.32 Å². The number of rotatable bonds is 3. The van der Waals surface area contributed by atoms with Gasteiger partial charge >= 0.3 is 12.3 Å². The number of nitrogens with one attached hydrogen (secondary N) is 1. The summed E-state index contributed by atoms with van der Waals surface area (Å²) in [6, 6.07) is -0.559. The molecule has 3 unspecified atom stereocenters. The smallest absolute Gasteiger partial charge is 0.407 e. The van der Waals surface area contributed by atoms with Gasteiger partial charge in [-0.05, 0) is 63.7 Å². The van der Waals surface area contributed by atoms with Crippen LogP contribution >= 0.6 is 0 Å². The molecule has 5 fully saturated rings. The van der Waals surface area contributed by atoms with Crippen LogP contribution in [0.5, 0.6) is 0 Å².